The summed E-state index contributed by atoms with van der Waals surface area (Å²) < 4.78 is 0. The highest BCUT2D eigenvalue weighted by molar-refractivity contribution is 6.30. The first-order valence-corrected chi connectivity index (χ1v) is 6.60. The van der Waals surface area contributed by atoms with E-state index in [-0.39, 0.29) is 11.4 Å². The molecule has 0 saturated carbocycles. The van der Waals surface area contributed by atoms with Crippen molar-refractivity contribution in [2.24, 2.45) is 5.84 Å². The van der Waals surface area contributed by atoms with E-state index in [0.717, 1.165) is 5.56 Å². The average Bonchev–Trinajstić information content (AvgIpc) is 2.46. The fraction of sp³-hybridized carbons (Fsp3) is 0.143. The minimum Gasteiger partial charge on any atom is -0.365 e. The summed E-state index contributed by atoms with van der Waals surface area (Å²) in [6, 6.07) is 12.3. The maximum absolute atomic E-state index is 11.3. The number of nitro benzene ring substituents is 1. The molecule has 0 heterocycles. The Labute approximate surface area is 127 Å². The van der Waals surface area contributed by atoms with Crippen LogP contribution < -0.4 is 16.2 Å². The number of hydrogen-bond acceptors (Lipinski definition) is 5. The normalized spacial score (nSPS) is 10.2. The van der Waals surface area contributed by atoms with Crippen LogP contribution in [0.1, 0.15) is 5.56 Å². The number of rotatable bonds is 5. The number of hydrogen-bond donors (Lipinski definition) is 2. The predicted octanol–water partition coefficient (Wildman–Crippen LogP) is 3.17. The number of nitrogens with one attached hydrogen (secondary N) is 1. The molecule has 0 bridgehead atoms. The first kappa shape index (κ1) is 15.1. The number of nitrogens with zero attached hydrogens (tertiary/aromatic N) is 2. The molecule has 7 heteroatoms. The molecule has 3 N–H and O–H groups in total. The van der Waals surface area contributed by atoms with E-state index in [1.807, 2.05) is 18.2 Å². The lowest BCUT2D eigenvalue weighted by Gasteiger charge is -2.20. The highest BCUT2D eigenvalue weighted by Gasteiger charge is 2.21. The molecular formula is C14H15ClN4O2. The Hall–Kier alpha value is -2.31. The zero-order chi connectivity index (χ0) is 15.4. The van der Waals surface area contributed by atoms with Gasteiger partial charge in [0.2, 0.25) is 0 Å². The van der Waals surface area contributed by atoms with Crippen LogP contribution in [0.5, 0.6) is 0 Å². The molecule has 6 nitrogen and oxygen atoms in total. The average molecular weight is 307 g/mol. The molecule has 0 aliphatic carbocycles. The van der Waals surface area contributed by atoms with Crippen LogP contribution in [0, 0.1) is 10.1 Å². The molecule has 2 aromatic carbocycles. The Morgan fingerprint density at radius 2 is 2.05 bits per heavy atom. The van der Waals surface area contributed by atoms with Gasteiger partial charge in [-0.2, -0.15) is 0 Å². The summed E-state index contributed by atoms with van der Waals surface area (Å²) in [4.78, 5) is 12.6. The minimum absolute atomic E-state index is 0.0514. The molecule has 0 atom stereocenters. The zero-order valence-corrected chi connectivity index (χ0v) is 12.2. The van der Waals surface area contributed by atoms with Crippen LogP contribution in [0.2, 0.25) is 5.02 Å². The van der Waals surface area contributed by atoms with Crippen LogP contribution in [0.25, 0.3) is 0 Å². The van der Waals surface area contributed by atoms with Crippen molar-refractivity contribution in [2.75, 3.05) is 17.4 Å². The summed E-state index contributed by atoms with van der Waals surface area (Å²) in [7, 11) is 1.78. The number of hydrazine groups is 1. The number of para-hydroxylation sites is 1. The van der Waals surface area contributed by atoms with Crippen LogP contribution in [-0.2, 0) is 6.54 Å². The molecule has 0 spiro atoms. The molecule has 0 radical (unpaired) electrons. The van der Waals surface area contributed by atoms with Crippen molar-refractivity contribution in [2.45, 2.75) is 6.54 Å². The van der Waals surface area contributed by atoms with Gasteiger partial charge in [-0.15, -0.1) is 0 Å². The molecular weight excluding hydrogens is 292 g/mol. The van der Waals surface area contributed by atoms with Crippen molar-refractivity contribution in [3.8, 4) is 0 Å². The molecule has 21 heavy (non-hydrogen) atoms. The van der Waals surface area contributed by atoms with Crippen LogP contribution in [0.15, 0.2) is 42.5 Å². The standard InChI is InChI=1S/C14H15ClN4O2/c1-18(9-10-4-2-5-11(15)8-10)13-7-3-6-12(17-16)14(13)19(20)21/h2-8,17H,9,16H2,1H3. The van der Waals surface area contributed by atoms with E-state index in [1.165, 1.54) is 0 Å². The quantitative estimate of drug-likeness (QED) is 0.503. The summed E-state index contributed by atoms with van der Waals surface area (Å²) in [6.07, 6.45) is 0. The lowest BCUT2D eigenvalue weighted by Crippen LogP contribution is -2.19. The van der Waals surface area contributed by atoms with Crippen LogP contribution in [0.3, 0.4) is 0 Å². The third-order valence-corrected chi connectivity index (χ3v) is 3.31. The number of anilines is 2. The summed E-state index contributed by atoms with van der Waals surface area (Å²) in [5.41, 5.74) is 4.02. The van der Waals surface area contributed by atoms with Crippen molar-refractivity contribution >= 4 is 28.7 Å². The monoisotopic (exact) mass is 306 g/mol. The highest BCUT2D eigenvalue weighted by Crippen LogP contribution is 2.35. The van der Waals surface area contributed by atoms with Crippen molar-refractivity contribution in [1.82, 2.24) is 0 Å². The predicted molar refractivity (Wildman–Crippen MR) is 84.5 cm³/mol. The summed E-state index contributed by atoms with van der Waals surface area (Å²) >= 11 is 5.95. The molecule has 0 unspecified atom stereocenters. The number of nitrogens with two attached hydrogens (primary N) is 1. The van der Waals surface area contributed by atoms with Crippen LogP contribution in [-0.4, -0.2) is 12.0 Å². The number of nitro groups is 1. The fourth-order valence-electron chi connectivity index (χ4n) is 2.14. The molecule has 0 saturated heterocycles. The lowest BCUT2D eigenvalue weighted by atomic mass is 10.1. The van der Waals surface area contributed by atoms with Gasteiger partial charge in [0.1, 0.15) is 11.4 Å². The van der Waals surface area contributed by atoms with Gasteiger partial charge >= 0.3 is 5.69 Å². The first-order chi connectivity index (χ1) is 10.0. The van der Waals surface area contributed by atoms with E-state index < -0.39 is 4.92 Å². The SMILES string of the molecule is CN(Cc1cccc(Cl)c1)c1cccc(NN)c1[N+](=O)[O-]. The second kappa shape index (κ2) is 6.43. The molecule has 0 fully saturated rings. The van der Waals surface area contributed by atoms with Gasteiger partial charge in [-0.25, -0.2) is 0 Å². The van der Waals surface area contributed by atoms with Gasteiger partial charge in [-0.05, 0) is 29.8 Å². The van der Waals surface area contributed by atoms with Gasteiger partial charge in [0, 0.05) is 18.6 Å². The zero-order valence-electron chi connectivity index (χ0n) is 11.4. The third-order valence-electron chi connectivity index (χ3n) is 3.07. The maximum Gasteiger partial charge on any atom is 0.316 e. The Morgan fingerprint density at radius 3 is 2.67 bits per heavy atom. The Morgan fingerprint density at radius 1 is 1.33 bits per heavy atom. The summed E-state index contributed by atoms with van der Waals surface area (Å²) in [6.45, 7) is 0.495. The van der Waals surface area contributed by atoms with E-state index in [0.29, 0.717) is 17.3 Å². The van der Waals surface area contributed by atoms with E-state index in [9.17, 15) is 10.1 Å². The molecule has 2 aromatic rings. The lowest BCUT2D eigenvalue weighted by molar-refractivity contribution is -0.383. The third kappa shape index (κ3) is 3.42. The first-order valence-electron chi connectivity index (χ1n) is 6.22. The van der Waals surface area contributed by atoms with Gasteiger partial charge in [-0.1, -0.05) is 29.8 Å². The van der Waals surface area contributed by atoms with E-state index >= 15 is 0 Å². The van der Waals surface area contributed by atoms with Crippen molar-refractivity contribution in [3.63, 3.8) is 0 Å². The summed E-state index contributed by atoms with van der Waals surface area (Å²) in [5, 5.41) is 11.9. The second-order valence-electron chi connectivity index (χ2n) is 4.56. The summed E-state index contributed by atoms with van der Waals surface area (Å²) in [5.74, 6) is 5.34. The van der Waals surface area contributed by atoms with Crippen LogP contribution >= 0.6 is 11.6 Å². The molecule has 2 rings (SSSR count). The minimum atomic E-state index is -0.445. The van der Waals surface area contributed by atoms with Crippen molar-refractivity contribution in [3.05, 3.63) is 63.2 Å². The Kier molecular flexibility index (Phi) is 4.62. The van der Waals surface area contributed by atoms with E-state index in [2.05, 4.69) is 5.43 Å². The number of benzene rings is 2. The smallest absolute Gasteiger partial charge is 0.316 e. The van der Waals surface area contributed by atoms with Gasteiger partial charge in [0.25, 0.3) is 0 Å². The second-order valence-corrected chi connectivity index (χ2v) is 5.00. The van der Waals surface area contributed by atoms with Gasteiger partial charge in [0.15, 0.2) is 0 Å². The largest absolute Gasteiger partial charge is 0.365 e. The molecule has 0 aromatic heterocycles. The maximum atomic E-state index is 11.3. The fourth-order valence-corrected chi connectivity index (χ4v) is 2.35. The molecule has 0 aliphatic heterocycles. The van der Waals surface area contributed by atoms with Gasteiger partial charge in [0.05, 0.1) is 4.92 Å². The molecule has 110 valence electrons. The topological polar surface area (TPSA) is 84.4 Å². The van der Waals surface area contributed by atoms with E-state index in [1.54, 1.807) is 36.2 Å². The van der Waals surface area contributed by atoms with Crippen molar-refractivity contribution in [1.29, 1.82) is 0 Å². The Bertz CT molecular complexity index is 663. The number of halogens is 1. The highest BCUT2D eigenvalue weighted by atomic mass is 35.5. The van der Waals surface area contributed by atoms with E-state index in [4.69, 9.17) is 17.4 Å². The van der Waals surface area contributed by atoms with Crippen LogP contribution in [0.4, 0.5) is 17.1 Å². The van der Waals surface area contributed by atoms with Gasteiger partial charge in [-0.3, -0.25) is 16.0 Å². The van der Waals surface area contributed by atoms with Gasteiger partial charge < -0.3 is 10.3 Å². The molecule has 0 amide bonds. The molecule has 0 aliphatic rings. The Balaban J connectivity index is 2.35. The van der Waals surface area contributed by atoms with Crippen molar-refractivity contribution < 1.29 is 4.92 Å². The number of nitrogen functional groups attached to an aromatic ring is 1.